The molecule has 0 bridgehead atoms. The molecule has 0 amide bonds. The highest BCUT2D eigenvalue weighted by molar-refractivity contribution is 5.63. The summed E-state index contributed by atoms with van der Waals surface area (Å²) in [4.78, 5) is 0. The normalized spacial score (nSPS) is 12.8. The molecule has 0 radical (unpaired) electrons. The first-order valence-corrected chi connectivity index (χ1v) is 6.57. The van der Waals surface area contributed by atoms with Crippen LogP contribution in [-0.4, -0.2) is 0 Å². The van der Waals surface area contributed by atoms with Crippen LogP contribution in [0.4, 0.5) is 0 Å². The maximum absolute atomic E-state index is 2.26. The SMILES string of the molecule is CC=CC(C)Cc1ccc(-c2ccccc2)cc1. The molecule has 0 aliphatic heterocycles. The summed E-state index contributed by atoms with van der Waals surface area (Å²) in [5.41, 5.74) is 3.98. The highest BCUT2D eigenvalue weighted by atomic mass is 14.1. The summed E-state index contributed by atoms with van der Waals surface area (Å²) >= 11 is 0. The van der Waals surface area contributed by atoms with E-state index in [1.54, 1.807) is 0 Å². The van der Waals surface area contributed by atoms with Crippen LogP contribution in [0.5, 0.6) is 0 Å². The zero-order valence-electron chi connectivity index (χ0n) is 11.1. The second kappa shape index (κ2) is 6.20. The molecule has 0 nitrogen and oxygen atoms in total. The van der Waals surface area contributed by atoms with Crippen molar-refractivity contribution in [2.24, 2.45) is 5.92 Å². The predicted octanol–water partition coefficient (Wildman–Crippen LogP) is 5.11. The first kappa shape index (κ1) is 12.6. The molecule has 0 heterocycles. The Morgan fingerprint density at radius 3 is 2.11 bits per heavy atom. The summed E-state index contributed by atoms with van der Waals surface area (Å²) in [7, 11) is 0. The van der Waals surface area contributed by atoms with Crippen LogP contribution in [0, 0.1) is 5.92 Å². The molecule has 0 heteroatoms. The molecule has 0 saturated heterocycles. The monoisotopic (exact) mass is 236 g/mol. The van der Waals surface area contributed by atoms with Crippen LogP contribution in [0.2, 0.25) is 0 Å². The second-order valence-electron chi connectivity index (χ2n) is 4.77. The van der Waals surface area contributed by atoms with Gasteiger partial charge in [-0.2, -0.15) is 0 Å². The highest BCUT2D eigenvalue weighted by Crippen LogP contribution is 2.20. The third-order valence-electron chi connectivity index (χ3n) is 3.14. The van der Waals surface area contributed by atoms with Gasteiger partial charge in [0.05, 0.1) is 0 Å². The van der Waals surface area contributed by atoms with Gasteiger partial charge in [0.15, 0.2) is 0 Å². The smallest absolute Gasteiger partial charge is 0.0184 e. The van der Waals surface area contributed by atoms with Gasteiger partial charge in [0, 0.05) is 0 Å². The lowest BCUT2D eigenvalue weighted by Crippen LogP contribution is -1.95. The minimum atomic E-state index is 0.609. The van der Waals surface area contributed by atoms with E-state index in [1.165, 1.54) is 16.7 Å². The molecule has 2 rings (SSSR count). The van der Waals surface area contributed by atoms with Gasteiger partial charge in [-0.25, -0.2) is 0 Å². The van der Waals surface area contributed by atoms with E-state index in [9.17, 15) is 0 Å². The van der Waals surface area contributed by atoms with Crippen molar-refractivity contribution in [2.75, 3.05) is 0 Å². The number of hydrogen-bond donors (Lipinski definition) is 0. The Kier molecular flexibility index (Phi) is 4.35. The van der Waals surface area contributed by atoms with E-state index in [2.05, 4.69) is 80.6 Å². The van der Waals surface area contributed by atoms with Gasteiger partial charge in [0.1, 0.15) is 0 Å². The average Bonchev–Trinajstić information content (AvgIpc) is 2.41. The number of hydrogen-bond acceptors (Lipinski definition) is 0. The maximum atomic E-state index is 2.26. The minimum absolute atomic E-state index is 0.609. The van der Waals surface area contributed by atoms with Crippen molar-refractivity contribution in [2.45, 2.75) is 20.3 Å². The summed E-state index contributed by atoms with van der Waals surface area (Å²) < 4.78 is 0. The standard InChI is InChI=1S/C18H20/c1-3-7-15(2)14-16-10-12-18(13-11-16)17-8-5-4-6-9-17/h3-13,15H,14H2,1-2H3. The molecule has 92 valence electrons. The largest absolute Gasteiger partial charge is 0.0914 e. The van der Waals surface area contributed by atoms with Gasteiger partial charge in [-0.3, -0.25) is 0 Å². The fourth-order valence-corrected chi connectivity index (χ4v) is 2.23. The van der Waals surface area contributed by atoms with Crippen molar-refractivity contribution in [3.63, 3.8) is 0 Å². The predicted molar refractivity (Wildman–Crippen MR) is 79.6 cm³/mol. The van der Waals surface area contributed by atoms with Crippen molar-refractivity contribution in [3.05, 3.63) is 72.3 Å². The Balaban J connectivity index is 2.11. The van der Waals surface area contributed by atoms with Crippen LogP contribution in [0.3, 0.4) is 0 Å². The fourth-order valence-electron chi connectivity index (χ4n) is 2.23. The number of rotatable bonds is 4. The molecule has 1 atom stereocenters. The van der Waals surface area contributed by atoms with Crippen LogP contribution >= 0.6 is 0 Å². The molecule has 2 aromatic carbocycles. The van der Waals surface area contributed by atoms with Crippen LogP contribution in [0.15, 0.2) is 66.7 Å². The minimum Gasteiger partial charge on any atom is -0.0914 e. The average molecular weight is 236 g/mol. The maximum Gasteiger partial charge on any atom is -0.0184 e. The van der Waals surface area contributed by atoms with Gasteiger partial charge < -0.3 is 0 Å². The van der Waals surface area contributed by atoms with Gasteiger partial charge in [0.25, 0.3) is 0 Å². The van der Waals surface area contributed by atoms with E-state index in [0.717, 1.165) is 6.42 Å². The van der Waals surface area contributed by atoms with E-state index >= 15 is 0 Å². The van der Waals surface area contributed by atoms with E-state index in [1.807, 2.05) is 0 Å². The zero-order valence-corrected chi connectivity index (χ0v) is 11.1. The molecule has 0 N–H and O–H groups in total. The van der Waals surface area contributed by atoms with Gasteiger partial charge in [0.2, 0.25) is 0 Å². The quantitative estimate of drug-likeness (QED) is 0.647. The summed E-state index contributed by atoms with van der Waals surface area (Å²) in [5, 5.41) is 0. The third kappa shape index (κ3) is 3.33. The van der Waals surface area contributed by atoms with Crippen LogP contribution in [-0.2, 0) is 6.42 Å². The molecule has 0 spiro atoms. The lowest BCUT2D eigenvalue weighted by molar-refractivity contribution is 0.722. The number of benzene rings is 2. The third-order valence-corrected chi connectivity index (χ3v) is 3.14. The van der Waals surface area contributed by atoms with E-state index < -0.39 is 0 Å². The Labute approximate surface area is 110 Å². The Morgan fingerprint density at radius 2 is 1.50 bits per heavy atom. The lowest BCUT2D eigenvalue weighted by Gasteiger charge is -2.07. The Hall–Kier alpha value is -1.82. The fraction of sp³-hybridized carbons (Fsp3) is 0.222. The summed E-state index contributed by atoms with van der Waals surface area (Å²) in [6, 6.07) is 19.4. The molecule has 1 unspecified atom stereocenters. The van der Waals surface area contributed by atoms with E-state index in [-0.39, 0.29) is 0 Å². The van der Waals surface area contributed by atoms with Crippen molar-refractivity contribution in [3.8, 4) is 11.1 Å². The van der Waals surface area contributed by atoms with E-state index in [4.69, 9.17) is 0 Å². The van der Waals surface area contributed by atoms with Gasteiger partial charge in [-0.15, -0.1) is 0 Å². The molecule has 18 heavy (non-hydrogen) atoms. The lowest BCUT2D eigenvalue weighted by atomic mass is 9.98. The molecule has 0 fully saturated rings. The van der Waals surface area contributed by atoms with Gasteiger partial charge in [-0.1, -0.05) is 73.7 Å². The van der Waals surface area contributed by atoms with Crippen molar-refractivity contribution in [1.29, 1.82) is 0 Å². The topological polar surface area (TPSA) is 0 Å². The van der Waals surface area contributed by atoms with Gasteiger partial charge >= 0.3 is 0 Å². The Bertz CT molecular complexity index is 491. The summed E-state index contributed by atoms with van der Waals surface area (Å²) in [6.45, 7) is 4.33. The Morgan fingerprint density at radius 1 is 0.889 bits per heavy atom. The first-order chi connectivity index (χ1) is 8.79. The number of allylic oxidation sites excluding steroid dienone is 2. The molecule has 0 aliphatic carbocycles. The first-order valence-electron chi connectivity index (χ1n) is 6.57. The van der Waals surface area contributed by atoms with Crippen LogP contribution < -0.4 is 0 Å². The van der Waals surface area contributed by atoms with Crippen LogP contribution in [0.25, 0.3) is 11.1 Å². The molecule has 0 aliphatic rings. The molecule has 0 saturated carbocycles. The zero-order chi connectivity index (χ0) is 12.8. The van der Waals surface area contributed by atoms with Gasteiger partial charge in [-0.05, 0) is 36.0 Å². The highest BCUT2D eigenvalue weighted by Gasteiger charge is 2.01. The van der Waals surface area contributed by atoms with Crippen molar-refractivity contribution < 1.29 is 0 Å². The molecular weight excluding hydrogens is 216 g/mol. The second-order valence-corrected chi connectivity index (χ2v) is 4.77. The van der Waals surface area contributed by atoms with Crippen LogP contribution in [0.1, 0.15) is 19.4 Å². The van der Waals surface area contributed by atoms with E-state index in [0.29, 0.717) is 5.92 Å². The van der Waals surface area contributed by atoms with Crippen molar-refractivity contribution >= 4 is 0 Å². The molecular formula is C18H20. The molecule has 2 aromatic rings. The van der Waals surface area contributed by atoms with Crippen molar-refractivity contribution in [1.82, 2.24) is 0 Å². The summed E-state index contributed by atoms with van der Waals surface area (Å²) in [6.07, 6.45) is 5.49. The molecule has 0 aromatic heterocycles. The summed E-state index contributed by atoms with van der Waals surface area (Å²) in [5.74, 6) is 0.609.